The summed E-state index contributed by atoms with van der Waals surface area (Å²) in [7, 11) is 0. The summed E-state index contributed by atoms with van der Waals surface area (Å²) in [6.07, 6.45) is 5.42. The first kappa shape index (κ1) is 13.2. The van der Waals surface area contributed by atoms with E-state index in [1.807, 2.05) is 16.7 Å². The van der Waals surface area contributed by atoms with E-state index in [-0.39, 0.29) is 5.91 Å². The first-order valence-electron chi connectivity index (χ1n) is 7.31. The summed E-state index contributed by atoms with van der Waals surface area (Å²) in [4.78, 5) is 12.0. The minimum absolute atomic E-state index is 0.0944. The summed E-state index contributed by atoms with van der Waals surface area (Å²) in [6, 6.07) is 8.19. The topological polar surface area (TPSA) is 60.0 Å². The van der Waals surface area contributed by atoms with Gasteiger partial charge in [-0.05, 0) is 43.4 Å². The van der Waals surface area contributed by atoms with Gasteiger partial charge in [0.1, 0.15) is 6.54 Å². The molecule has 0 bridgehead atoms. The molecule has 20 heavy (non-hydrogen) atoms. The Kier molecular flexibility index (Phi) is 3.74. The normalized spacial score (nSPS) is 14.7. The number of amides is 1. The highest BCUT2D eigenvalue weighted by Crippen LogP contribution is 2.27. The second-order valence-corrected chi connectivity index (χ2v) is 5.59. The summed E-state index contributed by atoms with van der Waals surface area (Å²) in [5.74, 6) is 0.810. The molecular formula is C16H21N3O. The van der Waals surface area contributed by atoms with Gasteiger partial charge in [0.15, 0.2) is 0 Å². The molecule has 0 spiro atoms. The number of hydrogen-bond donors (Lipinski definition) is 2. The molecule has 1 aliphatic carbocycles. The Morgan fingerprint density at radius 3 is 2.90 bits per heavy atom. The van der Waals surface area contributed by atoms with Crippen molar-refractivity contribution in [2.24, 2.45) is 11.7 Å². The van der Waals surface area contributed by atoms with E-state index in [1.54, 1.807) is 0 Å². The Morgan fingerprint density at radius 1 is 1.35 bits per heavy atom. The van der Waals surface area contributed by atoms with Crippen LogP contribution in [-0.2, 0) is 17.8 Å². The summed E-state index contributed by atoms with van der Waals surface area (Å²) < 4.78 is 2.03. The number of carbonyl (C=O) groups is 1. The highest BCUT2D eigenvalue weighted by molar-refractivity contribution is 5.86. The molecule has 0 saturated heterocycles. The maximum atomic E-state index is 12.0. The van der Waals surface area contributed by atoms with Crippen LogP contribution in [0.2, 0.25) is 0 Å². The van der Waals surface area contributed by atoms with Gasteiger partial charge in [0.25, 0.3) is 0 Å². The van der Waals surface area contributed by atoms with Crippen molar-refractivity contribution in [2.75, 3.05) is 13.1 Å². The minimum atomic E-state index is 0.0944. The van der Waals surface area contributed by atoms with Gasteiger partial charge in [0.2, 0.25) is 5.91 Å². The fourth-order valence-electron chi connectivity index (χ4n) is 2.60. The van der Waals surface area contributed by atoms with E-state index in [0.29, 0.717) is 19.0 Å². The van der Waals surface area contributed by atoms with Crippen molar-refractivity contribution in [3.05, 3.63) is 36.0 Å². The van der Waals surface area contributed by atoms with Gasteiger partial charge in [0.05, 0.1) is 0 Å². The lowest BCUT2D eigenvalue weighted by molar-refractivity contribution is -0.121. The van der Waals surface area contributed by atoms with Crippen molar-refractivity contribution in [3.63, 3.8) is 0 Å². The molecule has 0 aliphatic heterocycles. The lowest BCUT2D eigenvalue weighted by Crippen LogP contribution is -2.29. The quantitative estimate of drug-likeness (QED) is 0.839. The summed E-state index contributed by atoms with van der Waals surface area (Å²) in [5, 5.41) is 4.22. The highest BCUT2D eigenvalue weighted by Gasteiger charge is 2.21. The van der Waals surface area contributed by atoms with Gasteiger partial charge in [0, 0.05) is 23.6 Å². The van der Waals surface area contributed by atoms with Gasteiger partial charge in [-0.25, -0.2) is 0 Å². The number of para-hydroxylation sites is 1. The van der Waals surface area contributed by atoms with Gasteiger partial charge >= 0.3 is 0 Å². The number of rotatable bonds is 6. The van der Waals surface area contributed by atoms with Crippen LogP contribution in [0.5, 0.6) is 0 Å². The van der Waals surface area contributed by atoms with Crippen molar-refractivity contribution < 1.29 is 4.79 Å². The van der Waals surface area contributed by atoms with Crippen LogP contribution in [0.15, 0.2) is 30.5 Å². The molecule has 0 radical (unpaired) electrons. The van der Waals surface area contributed by atoms with Crippen LogP contribution in [0.25, 0.3) is 10.9 Å². The third-order valence-electron chi connectivity index (χ3n) is 3.88. The van der Waals surface area contributed by atoms with Gasteiger partial charge in [-0.1, -0.05) is 18.2 Å². The number of nitrogens with one attached hydrogen (secondary N) is 1. The zero-order valence-corrected chi connectivity index (χ0v) is 11.6. The van der Waals surface area contributed by atoms with E-state index in [1.165, 1.54) is 23.8 Å². The smallest absolute Gasteiger partial charge is 0.239 e. The van der Waals surface area contributed by atoms with E-state index in [0.717, 1.165) is 18.5 Å². The van der Waals surface area contributed by atoms with Crippen molar-refractivity contribution in [1.82, 2.24) is 9.88 Å². The largest absolute Gasteiger partial charge is 0.354 e. The highest BCUT2D eigenvalue weighted by atomic mass is 16.1. The average molecular weight is 271 g/mol. The lowest BCUT2D eigenvalue weighted by Gasteiger charge is -2.06. The molecule has 106 valence electrons. The molecule has 2 aromatic rings. The Balaban J connectivity index is 1.77. The Morgan fingerprint density at radius 2 is 2.15 bits per heavy atom. The molecule has 1 amide bonds. The third-order valence-corrected chi connectivity index (χ3v) is 3.88. The fourth-order valence-corrected chi connectivity index (χ4v) is 2.60. The second kappa shape index (κ2) is 5.67. The summed E-state index contributed by atoms with van der Waals surface area (Å²) in [5.41, 5.74) is 7.99. The number of fused-ring (bicyclic) bond motifs is 1. The summed E-state index contributed by atoms with van der Waals surface area (Å²) >= 11 is 0. The van der Waals surface area contributed by atoms with Crippen LogP contribution in [0.4, 0.5) is 0 Å². The maximum absolute atomic E-state index is 12.0. The fraction of sp³-hybridized carbons (Fsp3) is 0.438. The second-order valence-electron chi connectivity index (χ2n) is 5.59. The lowest BCUT2D eigenvalue weighted by atomic mass is 10.1. The molecule has 0 atom stereocenters. The van der Waals surface area contributed by atoms with E-state index in [9.17, 15) is 4.79 Å². The zero-order valence-electron chi connectivity index (χ0n) is 11.6. The monoisotopic (exact) mass is 271 g/mol. The minimum Gasteiger partial charge on any atom is -0.354 e. The van der Waals surface area contributed by atoms with Crippen molar-refractivity contribution >= 4 is 16.8 Å². The van der Waals surface area contributed by atoms with Crippen LogP contribution in [0, 0.1) is 5.92 Å². The maximum Gasteiger partial charge on any atom is 0.239 e. The standard InChI is InChI=1S/C16H21N3O/c17-8-7-13-10-19(15-4-2-1-3-14(13)15)11-16(20)18-9-12-5-6-12/h1-4,10,12H,5-9,11,17H2,(H,18,20). The van der Waals surface area contributed by atoms with Crippen LogP contribution in [-0.4, -0.2) is 23.6 Å². The van der Waals surface area contributed by atoms with Crippen molar-refractivity contribution in [1.29, 1.82) is 0 Å². The Hall–Kier alpha value is -1.81. The van der Waals surface area contributed by atoms with E-state index in [2.05, 4.69) is 23.6 Å². The number of hydrogen-bond acceptors (Lipinski definition) is 2. The molecule has 3 N–H and O–H groups in total. The Labute approximate surface area is 118 Å². The van der Waals surface area contributed by atoms with E-state index in [4.69, 9.17) is 5.73 Å². The predicted molar refractivity (Wildman–Crippen MR) is 80.4 cm³/mol. The number of carbonyl (C=O) groups excluding carboxylic acids is 1. The number of nitrogens with zero attached hydrogens (tertiary/aromatic N) is 1. The van der Waals surface area contributed by atoms with Crippen LogP contribution < -0.4 is 11.1 Å². The van der Waals surface area contributed by atoms with Crippen molar-refractivity contribution in [2.45, 2.75) is 25.8 Å². The first-order chi connectivity index (χ1) is 9.78. The molecule has 1 fully saturated rings. The number of nitrogens with two attached hydrogens (primary N) is 1. The third kappa shape index (κ3) is 2.85. The molecule has 3 rings (SSSR count). The number of benzene rings is 1. The molecule has 1 aromatic heterocycles. The molecule has 0 unspecified atom stereocenters. The molecule has 1 aliphatic rings. The van der Waals surface area contributed by atoms with Gasteiger partial charge in [-0.2, -0.15) is 0 Å². The predicted octanol–water partition coefficient (Wildman–Crippen LogP) is 1.67. The van der Waals surface area contributed by atoms with Gasteiger partial charge in [-0.3, -0.25) is 4.79 Å². The van der Waals surface area contributed by atoms with Gasteiger partial charge in [-0.15, -0.1) is 0 Å². The molecule has 1 aromatic carbocycles. The van der Waals surface area contributed by atoms with Gasteiger partial charge < -0.3 is 15.6 Å². The van der Waals surface area contributed by atoms with E-state index < -0.39 is 0 Å². The van der Waals surface area contributed by atoms with Crippen LogP contribution in [0.3, 0.4) is 0 Å². The molecule has 4 heteroatoms. The number of aromatic nitrogens is 1. The van der Waals surface area contributed by atoms with Crippen molar-refractivity contribution in [3.8, 4) is 0 Å². The summed E-state index contributed by atoms with van der Waals surface area (Å²) in [6.45, 7) is 1.84. The SMILES string of the molecule is NCCc1cn(CC(=O)NCC2CC2)c2ccccc12. The van der Waals surface area contributed by atoms with Crippen LogP contribution >= 0.6 is 0 Å². The molecule has 1 heterocycles. The molecule has 4 nitrogen and oxygen atoms in total. The molecule has 1 saturated carbocycles. The average Bonchev–Trinajstić information content (AvgIpc) is 3.23. The molecular weight excluding hydrogens is 250 g/mol. The first-order valence-corrected chi connectivity index (χ1v) is 7.31. The van der Waals surface area contributed by atoms with Crippen LogP contribution in [0.1, 0.15) is 18.4 Å². The van der Waals surface area contributed by atoms with E-state index >= 15 is 0 Å². The zero-order chi connectivity index (χ0) is 13.9. The Bertz CT molecular complexity index is 613.